The van der Waals surface area contributed by atoms with Gasteiger partial charge in [0.25, 0.3) is 0 Å². The monoisotopic (exact) mass is 332 g/mol. The van der Waals surface area contributed by atoms with E-state index in [1.807, 2.05) is 12.1 Å². The molecule has 1 aromatic rings. The van der Waals surface area contributed by atoms with Crippen molar-refractivity contribution < 1.29 is 0 Å². The van der Waals surface area contributed by atoms with Gasteiger partial charge in [0.15, 0.2) is 0 Å². The first-order valence-electron chi connectivity index (χ1n) is 8.57. The largest absolute Gasteiger partial charge is 0.301 e. The summed E-state index contributed by atoms with van der Waals surface area (Å²) >= 11 is 5.99. The van der Waals surface area contributed by atoms with Gasteiger partial charge >= 0.3 is 0 Å². The van der Waals surface area contributed by atoms with E-state index in [1.54, 1.807) is 6.07 Å². The number of hydrogen-bond acceptors (Lipinski definition) is 4. The number of nitriles is 1. The highest BCUT2D eigenvalue weighted by Gasteiger charge is 2.29. The molecule has 0 unspecified atom stereocenters. The fourth-order valence-electron chi connectivity index (χ4n) is 3.73. The van der Waals surface area contributed by atoms with Crippen molar-refractivity contribution in [2.24, 2.45) is 0 Å². The van der Waals surface area contributed by atoms with Crippen LogP contribution in [0.1, 0.15) is 24.5 Å². The van der Waals surface area contributed by atoms with E-state index >= 15 is 0 Å². The summed E-state index contributed by atoms with van der Waals surface area (Å²) in [5.41, 5.74) is 1.80. The molecule has 2 aliphatic heterocycles. The second-order valence-electron chi connectivity index (χ2n) is 6.56. The molecule has 1 atom stereocenters. The Morgan fingerprint density at radius 1 is 1.17 bits per heavy atom. The highest BCUT2D eigenvalue weighted by molar-refractivity contribution is 6.30. The van der Waals surface area contributed by atoms with Crippen LogP contribution in [0.2, 0.25) is 5.02 Å². The van der Waals surface area contributed by atoms with Gasteiger partial charge in [0.05, 0.1) is 11.6 Å². The zero-order valence-corrected chi connectivity index (χ0v) is 14.6. The lowest BCUT2D eigenvalue weighted by Crippen LogP contribution is -2.50. The van der Waals surface area contributed by atoms with Gasteiger partial charge in [-0.2, -0.15) is 5.26 Å². The van der Waals surface area contributed by atoms with Crippen molar-refractivity contribution in [1.82, 2.24) is 14.7 Å². The van der Waals surface area contributed by atoms with Crippen molar-refractivity contribution in [3.63, 3.8) is 0 Å². The second kappa shape index (κ2) is 7.63. The van der Waals surface area contributed by atoms with Crippen LogP contribution in [0.25, 0.3) is 0 Å². The maximum absolute atomic E-state index is 9.28. The number of piperazine rings is 1. The van der Waals surface area contributed by atoms with Crippen LogP contribution in [0, 0.1) is 11.3 Å². The smallest absolute Gasteiger partial charge is 0.0995 e. The Labute approximate surface area is 144 Å². The summed E-state index contributed by atoms with van der Waals surface area (Å²) < 4.78 is 0. The summed E-state index contributed by atoms with van der Waals surface area (Å²) in [7, 11) is 0. The van der Waals surface area contributed by atoms with Crippen LogP contribution in [-0.4, -0.2) is 66.6 Å². The molecule has 1 aromatic carbocycles. The zero-order chi connectivity index (χ0) is 16.2. The zero-order valence-electron chi connectivity index (χ0n) is 13.8. The van der Waals surface area contributed by atoms with Gasteiger partial charge < -0.3 is 4.90 Å². The predicted molar refractivity (Wildman–Crippen MR) is 93.5 cm³/mol. The van der Waals surface area contributed by atoms with Crippen molar-refractivity contribution >= 4 is 11.6 Å². The molecule has 2 saturated heterocycles. The van der Waals surface area contributed by atoms with Crippen LogP contribution < -0.4 is 0 Å². The second-order valence-corrected chi connectivity index (χ2v) is 7.00. The fourth-order valence-corrected chi connectivity index (χ4v) is 3.90. The number of benzene rings is 1. The van der Waals surface area contributed by atoms with E-state index in [-0.39, 0.29) is 0 Å². The molecule has 0 spiro atoms. The molecular weight excluding hydrogens is 308 g/mol. The summed E-state index contributed by atoms with van der Waals surface area (Å²) in [6.45, 7) is 11.3. The topological polar surface area (TPSA) is 33.5 Å². The quantitative estimate of drug-likeness (QED) is 0.848. The molecule has 0 bridgehead atoms. The van der Waals surface area contributed by atoms with Crippen LogP contribution in [0.15, 0.2) is 18.2 Å². The number of halogens is 1. The Morgan fingerprint density at radius 3 is 2.65 bits per heavy atom. The summed E-state index contributed by atoms with van der Waals surface area (Å²) in [4.78, 5) is 7.65. The molecule has 0 aliphatic carbocycles. The first-order valence-corrected chi connectivity index (χ1v) is 8.94. The van der Waals surface area contributed by atoms with E-state index in [0.29, 0.717) is 16.6 Å². The number of nitrogens with zero attached hydrogens (tertiary/aromatic N) is 4. The summed E-state index contributed by atoms with van der Waals surface area (Å²) in [6.07, 6.45) is 1.24. The van der Waals surface area contributed by atoms with Gasteiger partial charge in [0.1, 0.15) is 0 Å². The molecule has 2 heterocycles. The van der Waals surface area contributed by atoms with Gasteiger partial charge in [-0.3, -0.25) is 9.80 Å². The van der Waals surface area contributed by atoms with E-state index in [0.717, 1.165) is 31.7 Å². The minimum absolute atomic E-state index is 0.637. The molecule has 0 radical (unpaired) electrons. The van der Waals surface area contributed by atoms with Crippen LogP contribution in [0.3, 0.4) is 0 Å². The number of rotatable bonds is 4. The Kier molecular flexibility index (Phi) is 5.55. The van der Waals surface area contributed by atoms with E-state index in [4.69, 9.17) is 11.6 Å². The molecule has 2 fully saturated rings. The molecule has 0 saturated carbocycles. The highest BCUT2D eigenvalue weighted by atomic mass is 35.5. The van der Waals surface area contributed by atoms with Gasteiger partial charge in [-0.25, -0.2) is 0 Å². The minimum Gasteiger partial charge on any atom is -0.301 e. The molecular formula is C18H25ClN4. The Balaban J connectivity index is 1.55. The normalized spacial score (nSPS) is 24.0. The lowest BCUT2D eigenvalue weighted by atomic mass is 10.1. The van der Waals surface area contributed by atoms with E-state index in [1.165, 1.54) is 32.6 Å². The molecule has 4 nitrogen and oxygen atoms in total. The summed E-state index contributed by atoms with van der Waals surface area (Å²) in [5, 5.41) is 9.92. The average Bonchev–Trinajstić information content (AvgIpc) is 3.05. The first-order chi connectivity index (χ1) is 11.2. The third kappa shape index (κ3) is 4.05. The van der Waals surface area contributed by atoms with Crippen LogP contribution >= 0.6 is 11.6 Å². The summed E-state index contributed by atoms with van der Waals surface area (Å²) in [6, 6.07) is 8.59. The number of likely N-dealkylation sites (tertiary alicyclic amines) is 1. The maximum Gasteiger partial charge on any atom is 0.0995 e. The molecule has 0 N–H and O–H groups in total. The van der Waals surface area contributed by atoms with Gasteiger partial charge in [-0.1, -0.05) is 24.6 Å². The third-order valence-electron chi connectivity index (χ3n) is 5.20. The van der Waals surface area contributed by atoms with Crippen molar-refractivity contribution in [3.8, 4) is 6.07 Å². The van der Waals surface area contributed by atoms with Crippen molar-refractivity contribution in [1.29, 1.82) is 5.26 Å². The SMILES string of the molecule is CCN1CCN([C@@H]2CCN(Cc3ccc(Cl)cc3C#N)C2)CC1. The molecule has 0 amide bonds. The Morgan fingerprint density at radius 2 is 1.96 bits per heavy atom. The molecule has 124 valence electrons. The van der Waals surface area contributed by atoms with E-state index in [2.05, 4.69) is 27.7 Å². The van der Waals surface area contributed by atoms with E-state index < -0.39 is 0 Å². The highest BCUT2D eigenvalue weighted by Crippen LogP contribution is 2.22. The van der Waals surface area contributed by atoms with Crippen molar-refractivity contribution in [2.75, 3.05) is 45.8 Å². The van der Waals surface area contributed by atoms with Gasteiger partial charge in [-0.15, -0.1) is 0 Å². The first kappa shape index (κ1) is 16.7. The Bertz CT molecular complexity index is 575. The van der Waals surface area contributed by atoms with Crippen molar-refractivity contribution in [3.05, 3.63) is 34.3 Å². The van der Waals surface area contributed by atoms with Gasteiger partial charge in [-0.05, 0) is 30.7 Å². The minimum atomic E-state index is 0.637. The lowest BCUT2D eigenvalue weighted by Gasteiger charge is -2.37. The fraction of sp³-hybridized carbons (Fsp3) is 0.611. The van der Waals surface area contributed by atoms with Gasteiger partial charge in [0, 0.05) is 56.9 Å². The Hall–Kier alpha value is -1.12. The average molecular weight is 333 g/mol. The van der Waals surface area contributed by atoms with Crippen LogP contribution in [0.5, 0.6) is 0 Å². The molecule has 0 aromatic heterocycles. The van der Waals surface area contributed by atoms with E-state index in [9.17, 15) is 5.26 Å². The predicted octanol–water partition coefficient (Wildman–Crippen LogP) is 2.42. The third-order valence-corrected chi connectivity index (χ3v) is 5.44. The molecule has 2 aliphatic rings. The molecule has 3 rings (SSSR count). The van der Waals surface area contributed by atoms with Crippen LogP contribution in [-0.2, 0) is 6.54 Å². The molecule has 5 heteroatoms. The van der Waals surface area contributed by atoms with Gasteiger partial charge in [0.2, 0.25) is 0 Å². The molecule has 23 heavy (non-hydrogen) atoms. The van der Waals surface area contributed by atoms with Crippen LogP contribution in [0.4, 0.5) is 0 Å². The standard InChI is InChI=1S/C18H25ClN4/c1-2-21-7-9-23(10-8-21)18-5-6-22(14-18)13-15-3-4-17(19)11-16(15)12-20/h3-4,11,18H,2,5-10,13-14H2,1H3/t18-/m1/s1. The summed E-state index contributed by atoms with van der Waals surface area (Å²) in [5.74, 6) is 0. The number of hydrogen-bond donors (Lipinski definition) is 0. The maximum atomic E-state index is 9.28. The van der Waals surface area contributed by atoms with Crippen molar-refractivity contribution in [2.45, 2.75) is 25.9 Å². The number of likely N-dealkylation sites (N-methyl/N-ethyl adjacent to an activating group) is 1. The lowest BCUT2D eigenvalue weighted by molar-refractivity contribution is 0.101.